The molecular formula is C14H25N3O2. The molecule has 19 heavy (non-hydrogen) atoms. The summed E-state index contributed by atoms with van der Waals surface area (Å²) in [6.07, 6.45) is 0. The number of carbonyl (C=O) groups excluding carboxylic acids is 1. The van der Waals surface area contributed by atoms with Crippen LogP contribution in [-0.4, -0.2) is 36.5 Å². The van der Waals surface area contributed by atoms with Gasteiger partial charge in [-0.1, -0.05) is 6.92 Å². The van der Waals surface area contributed by atoms with Crippen molar-refractivity contribution in [2.24, 2.45) is 5.73 Å². The molecule has 0 radical (unpaired) electrons. The van der Waals surface area contributed by atoms with Crippen LogP contribution in [0.25, 0.3) is 0 Å². The van der Waals surface area contributed by atoms with Crippen molar-refractivity contribution in [1.82, 2.24) is 10.2 Å². The molecular weight excluding hydrogens is 242 g/mol. The molecule has 0 aliphatic heterocycles. The van der Waals surface area contributed by atoms with Crippen molar-refractivity contribution in [2.45, 2.75) is 39.8 Å². The summed E-state index contributed by atoms with van der Waals surface area (Å²) < 4.78 is 5.68. The van der Waals surface area contributed by atoms with Gasteiger partial charge in [0.2, 0.25) is 5.91 Å². The van der Waals surface area contributed by atoms with Gasteiger partial charge in [-0.2, -0.15) is 0 Å². The Morgan fingerprint density at radius 3 is 2.58 bits per heavy atom. The topological polar surface area (TPSA) is 71.5 Å². The Labute approximate surface area is 115 Å². The van der Waals surface area contributed by atoms with Crippen molar-refractivity contribution < 1.29 is 9.21 Å². The van der Waals surface area contributed by atoms with E-state index in [-0.39, 0.29) is 18.0 Å². The first-order valence-corrected chi connectivity index (χ1v) is 6.82. The highest BCUT2D eigenvalue weighted by Gasteiger charge is 2.27. The number of carbonyl (C=O) groups is 1. The summed E-state index contributed by atoms with van der Waals surface area (Å²) in [5.41, 5.74) is 6.07. The molecule has 1 amide bonds. The van der Waals surface area contributed by atoms with E-state index in [0.717, 1.165) is 18.1 Å². The van der Waals surface area contributed by atoms with E-state index in [2.05, 4.69) is 5.32 Å². The molecule has 1 aromatic rings. The number of amides is 1. The van der Waals surface area contributed by atoms with Crippen molar-refractivity contribution in [3.63, 3.8) is 0 Å². The molecule has 0 aliphatic rings. The van der Waals surface area contributed by atoms with Crippen LogP contribution in [0.5, 0.6) is 0 Å². The minimum absolute atomic E-state index is 0.0123. The highest BCUT2D eigenvalue weighted by atomic mass is 16.3. The first-order valence-electron chi connectivity index (χ1n) is 6.82. The van der Waals surface area contributed by atoms with E-state index in [1.165, 1.54) is 0 Å². The van der Waals surface area contributed by atoms with Crippen LogP contribution in [0.1, 0.15) is 38.3 Å². The number of furan rings is 1. The van der Waals surface area contributed by atoms with Crippen LogP contribution < -0.4 is 11.1 Å². The molecule has 1 rings (SSSR count). The molecule has 0 spiro atoms. The predicted molar refractivity (Wildman–Crippen MR) is 75.8 cm³/mol. The zero-order chi connectivity index (χ0) is 14.4. The molecule has 0 aromatic carbocycles. The zero-order valence-electron chi connectivity index (χ0n) is 12.3. The van der Waals surface area contributed by atoms with E-state index in [4.69, 9.17) is 10.2 Å². The summed E-state index contributed by atoms with van der Waals surface area (Å²) in [7, 11) is 0. The van der Waals surface area contributed by atoms with Gasteiger partial charge in [0.15, 0.2) is 0 Å². The van der Waals surface area contributed by atoms with E-state index in [1.807, 2.05) is 44.7 Å². The molecule has 3 N–H and O–H groups in total. The molecule has 1 aromatic heterocycles. The fourth-order valence-electron chi connectivity index (χ4n) is 2.23. The number of hydrogen-bond acceptors (Lipinski definition) is 4. The van der Waals surface area contributed by atoms with Crippen LogP contribution in [0, 0.1) is 6.92 Å². The summed E-state index contributed by atoms with van der Waals surface area (Å²) in [5.74, 6) is 1.69. The van der Waals surface area contributed by atoms with E-state index >= 15 is 0 Å². The van der Waals surface area contributed by atoms with Crippen molar-refractivity contribution in [3.8, 4) is 0 Å². The minimum Gasteiger partial charge on any atom is -0.465 e. The Balaban J connectivity index is 2.86. The van der Waals surface area contributed by atoms with Crippen LogP contribution in [0.15, 0.2) is 16.5 Å². The standard InChI is InChI=1S/C14H25N3O2/c1-5-16-13(18)9-17(6-2)14(11(4)15)12-8-7-10(3)19-12/h7-8,11,14H,5-6,9,15H2,1-4H3,(H,16,18). The van der Waals surface area contributed by atoms with Gasteiger partial charge >= 0.3 is 0 Å². The molecule has 2 unspecified atom stereocenters. The molecule has 0 bridgehead atoms. The molecule has 108 valence electrons. The van der Waals surface area contributed by atoms with E-state index in [1.54, 1.807) is 0 Å². The molecule has 5 heteroatoms. The van der Waals surface area contributed by atoms with E-state index in [9.17, 15) is 4.79 Å². The lowest BCUT2D eigenvalue weighted by atomic mass is 10.1. The maximum atomic E-state index is 11.8. The number of nitrogens with zero attached hydrogens (tertiary/aromatic N) is 1. The van der Waals surface area contributed by atoms with Crippen molar-refractivity contribution >= 4 is 5.91 Å². The summed E-state index contributed by atoms with van der Waals surface area (Å²) in [5, 5.41) is 2.81. The lowest BCUT2D eigenvalue weighted by Gasteiger charge is -2.31. The van der Waals surface area contributed by atoms with E-state index in [0.29, 0.717) is 13.1 Å². The van der Waals surface area contributed by atoms with Gasteiger partial charge in [-0.3, -0.25) is 9.69 Å². The number of nitrogens with one attached hydrogen (secondary N) is 1. The van der Waals surface area contributed by atoms with Gasteiger partial charge in [-0.15, -0.1) is 0 Å². The van der Waals surface area contributed by atoms with Gasteiger partial charge in [-0.25, -0.2) is 0 Å². The Morgan fingerprint density at radius 1 is 1.47 bits per heavy atom. The fraction of sp³-hybridized carbons (Fsp3) is 0.643. The van der Waals surface area contributed by atoms with Crippen LogP contribution in [0.2, 0.25) is 0 Å². The maximum Gasteiger partial charge on any atom is 0.234 e. The van der Waals surface area contributed by atoms with Crippen molar-refractivity contribution in [1.29, 1.82) is 0 Å². The van der Waals surface area contributed by atoms with Crippen molar-refractivity contribution in [3.05, 3.63) is 23.7 Å². The number of rotatable bonds is 7. The molecule has 5 nitrogen and oxygen atoms in total. The maximum absolute atomic E-state index is 11.8. The third-order valence-corrected chi connectivity index (χ3v) is 3.07. The van der Waals surface area contributed by atoms with Gasteiger partial charge in [0.1, 0.15) is 11.5 Å². The predicted octanol–water partition coefficient (Wildman–Crippen LogP) is 1.43. The monoisotopic (exact) mass is 267 g/mol. The molecule has 0 saturated carbocycles. The van der Waals surface area contributed by atoms with Crippen LogP contribution >= 0.6 is 0 Å². The summed E-state index contributed by atoms with van der Waals surface area (Å²) in [6, 6.07) is 3.66. The number of hydrogen-bond donors (Lipinski definition) is 2. The first-order chi connectivity index (χ1) is 8.99. The summed E-state index contributed by atoms with van der Waals surface area (Å²) >= 11 is 0. The Bertz CT molecular complexity index is 401. The molecule has 0 saturated heterocycles. The van der Waals surface area contributed by atoms with E-state index < -0.39 is 0 Å². The first kappa shape index (κ1) is 15.7. The lowest BCUT2D eigenvalue weighted by Crippen LogP contribution is -2.44. The molecule has 0 fully saturated rings. The third-order valence-electron chi connectivity index (χ3n) is 3.07. The minimum atomic E-state index is -0.111. The van der Waals surface area contributed by atoms with Gasteiger partial charge in [-0.05, 0) is 39.4 Å². The lowest BCUT2D eigenvalue weighted by molar-refractivity contribution is -0.122. The smallest absolute Gasteiger partial charge is 0.234 e. The van der Waals surface area contributed by atoms with Crippen LogP contribution in [0.3, 0.4) is 0 Å². The highest BCUT2D eigenvalue weighted by molar-refractivity contribution is 5.78. The molecule has 0 aliphatic carbocycles. The second kappa shape index (κ2) is 7.31. The van der Waals surface area contributed by atoms with Gasteiger partial charge < -0.3 is 15.5 Å². The van der Waals surface area contributed by atoms with Gasteiger partial charge in [0, 0.05) is 12.6 Å². The molecule has 2 atom stereocenters. The number of aryl methyl sites for hydroxylation is 1. The molecule has 1 heterocycles. The number of likely N-dealkylation sites (N-methyl/N-ethyl adjacent to an activating group) is 2. The quantitative estimate of drug-likeness (QED) is 0.784. The second-order valence-electron chi connectivity index (χ2n) is 4.77. The summed E-state index contributed by atoms with van der Waals surface area (Å²) in [4.78, 5) is 13.8. The average Bonchev–Trinajstić information content (AvgIpc) is 2.74. The number of nitrogens with two attached hydrogens (primary N) is 1. The highest BCUT2D eigenvalue weighted by Crippen LogP contribution is 2.25. The van der Waals surface area contributed by atoms with Gasteiger partial charge in [0.25, 0.3) is 0 Å². The Kier molecular flexibility index (Phi) is 6.05. The van der Waals surface area contributed by atoms with Crippen molar-refractivity contribution in [2.75, 3.05) is 19.6 Å². The average molecular weight is 267 g/mol. The van der Waals surface area contributed by atoms with Crippen LogP contribution in [0.4, 0.5) is 0 Å². The SMILES string of the molecule is CCNC(=O)CN(CC)C(c1ccc(C)o1)C(C)N. The Morgan fingerprint density at radius 2 is 2.16 bits per heavy atom. The normalized spacial score (nSPS) is 14.4. The summed E-state index contributed by atoms with van der Waals surface area (Å²) in [6.45, 7) is 9.47. The largest absolute Gasteiger partial charge is 0.465 e. The third kappa shape index (κ3) is 4.36. The van der Waals surface area contributed by atoms with Crippen LogP contribution in [-0.2, 0) is 4.79 Å². The Hall–Kier alpha value is -1.33. The van der Waals surface area contributed by atoms with Gasteiger partial charge in [0.05, 0.1) is 12.6 Å². The fourth-order valence-corrected chi connectivity index (χ4v) is 2.23. The zero-order valence-corrected chi connectivity index (χ0v) is 12.3. The second-order valence-corrected chi connectivity index (χ2v) is 4.77.